The molecule has 0 aliphatic carbocycles. The fraction of sp³-hybridized carbons (Fsp3) is 0.913. The molecule has 0 rings (SSSR count). The van der Waals surface area contributed by atoms with Gasteiger partial charge in [0.2, 0.25) is 0 Å². The Morgan fingerprint density at radius 1 is 1.11 bits per heavy atom. The Hall–Kier alpha value is -0.740. The quantitative estimate of drug-likeness (QED) is 0.276. The van der Waals surface area contributed by atoms with Crippen LogP contribution in [0.2, 0.25) is 0 Å². The van der Waals surface area contributed by atoms with Gasteiger partial charge in [-0.2, -0.15) is 0 Å². The maximum absolute atomic E-state index is 12.7. The minimum absolute atomic E-state index is 0.0169. The molecule has 0 aromatic heterocycles. The SMILES string of the molecule is CCC[C@@H](CCCC[C@H](C)C[C@@H](C)C(=O)C(C)(C)C(O)CC=O)CCOC. The summed E-state index contributed by atoms with van der Waals surface area (Å²) in [6, 6.07) is 0. The van der Waals surface area contributed by atoms with Crippen molar-refractivity contribution in [1.82, 2.24) is 0 Å². The zero-order chi connectivity index (χ0) is 20.9. The van der Waals surface area contributed by atoms with Crippen molar-refractivity contribution < 1.29 is 19.4 Å². The minimum atomic E-state index is -0.900. The Morgan fingerprint density at radius 3 is 2.30 bits per heavy atom. The third-order valence-electron chi connectivity index (χ3n) is 5.98. The highest BCUT2D eigenvalue weighted by Crippen LogP contribution is 2.31. The van der Waals surface area contributed by atoms with Gasteiger partial charge in [0.1, 0.15) is 12.1 Å². The molecule has 4 atom stereocenters. The molecule has 0 aromatic carbocycles. The van der Waals surface area contributed by atoms with E-state index in [-0.39, 0.29) is 18.1 Å². The summed E-state index contributed by atoms with van der Waals surface area (Å²) in [6.45, 7) is 10.8. The molecule has 0 radical (unpaired) electrons. The first-order valence-electron chi connectivity index (χ1n) is 10.9. The van der Waals surface area contributed by atoms with Crippen LogP contribution in [0.15, 0.2) is 0 Å². The Kier molecular flexibility index (Phi) is 13.9. The molecule has 1 unspecified atom stereocenters. The Morgan fingerprint density at radius 2 is 1.74 bits per heavy atom. The molecule has 0 aliphatic rings. The molecule has 27 heavy (non-hydrogen) atoms. The van der Waals surface area contributed by atoms with Gasteiger partial charge >= 0.3 is 0 Å². The van der Waals surface area contributed by atoms with Crippen LogP contribution in [0.3, 0.4) is 0 Å². The van der Waals surface area contributed by atoms with Crippen LogP contribution in [0.1, 0.15) is 92.4 Å². The second-order valence-corrected chi connectivity index (χ2v) is 8.97. The molecule has 0 saturated heterocycles. The van der Waals surface area contributed by atoms with Gasteiger partial charge in [0, 0.05) is 31.5 Å². The van der Waals surface area contributed by atoms with Crippen LogP contribution in [-0.4, -0.2) is 37.0 Å². The topological polar surface area (TPSA) is 63.6 Å². The van der Waals surface area contributed by atoms with Gasteiger partial charge in [-0.05, 0) is 24.7 Å². The molecular formula is C23H44O4. The molecule has 0 spiro atoms. The summed E-state index contributed by atoms with van der Waals surface area (Å²) in [5.41, 5.74) is -0.866. The highest BCUT2D eigenvalue weighted by molar-refractivity contribution is 5.87. The summed E-state index contributed by atoms with van der Waals surface area (Å²) in [7, 11) is 1.77. The van der Waals surface area contributed by atoms with E-state index in [1.807, 2.05) is 6.92 Å². The fourth-order valence-corrected chi connectivity index (χ4v) is 4.07. The molecule has 160 valence electrons. The summed E-state index contributed by atoms with van der Waals surface area (Å²) in [4.78, 5) is 23.4. The second-order valence-electron chi connectivity index (χ2n) is 8.97. The lowest BCUT2D eigenvalue weighted by molar-refractivity contribution is -0.138. The molecule has 0 aliphatic heterocycles. The van der Waals surface area contributed by atoms with E-state index in [9.17, 15) is 14.7 Å². The van der Waals surface area contributed by atoms with E-state index in [1.54, 1.807) is 21.0 Å². The molecule has 0 heterocycles. The third-order valence-corrected chi connectivity index (χ3v) is 5.98. The minimum Gasteiger partial charge on any atom is -0.392 e. The number of carbonyl (C=O) groups excluding carboxylic acids is 2. The van der Waals surface area contributed by atoms with E-state index >= 15 is 0 Å². The summed E-state index contributed by atoms with van der Waals surface area (Å²) < 4.78 is 5.22. The maximum Gasteiger partial charge on any atom is 0.143 e. The number of rotatable bonds is 17. The van der Waals surface area contributed by atoms with Crippen molar-refractivity contribution in [3.05, 3.63) is 0 Å². The average molecular weight is 385 g/mol. The number of ketones is 1. The van der Waals surface area contributed by atoms with Crippen LogP contribution >= 0.6 is 0 Å². The number of unbranched alkanes of at least 4 members (excludes halogenated alkanes) is 1. The lowest BCUT2D eigenvalue weighted by atomic mass is 9.74. The van der Waals surface area contributed by atoms with Gasteiger partial charge in [0.25, 0.3) is 0 Å². The number of Topliss-reactive ketones (excluding diaryl/α,β-unsaturated/α-hetero) is 1. The fourth-order valence-electron chi connectivity index (χ4n) is 4.07. The normalized spacial score (nSPS) is 16.6. The number of aldehydes is 1. The van der Waals surface area contributed by atoms with E-state index < -0.39 is 11.5 Å². The number of aliphatic hydroxyl groups excluding tert-OH is 1. The first-order chi connectivity index (χ1) is 12.7. The van der Waals surface area contributed by atoms with Crippen molar-refractivity contribution in [2.45, 2.75) is 98.5 Å². The molecule has 4 nitrogen and oxygen atoms in total. The standard InChI is InChI=1S/C23H44O4/c1-7-10-20(14-16-27-6)12-9-8-11-18(2)17-19(3)22(26)23(4,5)21(25)13-15-24/h15,18-21,25H,7-14,16-17H2,1-6H3/t18-,19+,20-,21?/m0/s1. The molecule has 0 bridgehead atoms. The zero-order valence-corrected chi connectivity index (χ0v) is 18.6. The van der Waals surface area contributed by atoms with Gasteiger partial charge in [-0.25, -0.2) is 0 Å². The van der Waals surface area contributed by atoms with E-state index in [0.717, 1.165) is 31.8 Å². The van der Waals surface area contributed by atoms with Crippen molar-refractivity contribution in [2.75, 3.05) is 13.7 Å². The Bertz CT molecular complexity index is 405. The lowest BCUT2D eigenvalue weighted by Gasteiger charge is -2.31. The van der Waals surface area contributed by atoms with Crippen LogP contribution in [0.5, 0.6) is 0 Å². The monoisotopic (exact) mass is 384 g/mol. The molecule has 1 N–H and O–H groups in total. The predicted molar refractivity (Wildman–Crippen MR) is 112 cm³/mol. The summed E-state index contributed by atoms with van der Waals surface area (Å²) in [5, 5.41) is 10.1. The summed E-state index contributed by atoms with van der Waals surface area (Å²) in [5.74, 6) is 1.23. The summed E-state index contributed by atoms with van der Waals surface area (Å²) >= 11 is 0. The van der Waals surface area contributed by atoms with E-state index in [4.69, 9.17) is 4.74 Å². The Labute approximate surface area is 167 Å². The smallest absolute Gasteiger partial charge is 0.143 e. The van der Waals surface area contributed by atoms with E-state index in [0.29, 0.717) is 12.2 Å². The summed E-state index contributed by atoms with van der Waals surface area (Å²) in [6.07, 6.45) is 9.16. The number of hydrogen-bond donors (Lipinski definition) is 1. The maximum atomic E-state index is 12.7. The first kappa shape index (κ1) is 26.3. The van der Waals surface area contributed by atoms with Crippen molar-refractivity contribution in [3.8, 4) is 0 Å². The highest BCUT2D eigenvalue weighted by Gasteiger charge is 2.37. The van der Waals surface area contributed by atoms with Gasteiger partial charge in [-0.1, -0.05) is 73.1 Å². The van der Waals surface area contributed by atoms with E-state index in [1.165, 1.54) is 32.1 Å². The number of carbonyl (C=O) groups is 2. The van der Waals surface area contributed by atoms with Gasteiger partial charge in [-0.15, -0.1) is 0 Å². The Balaban J connectivity index is 4.27. The molecule has 0 amide bonds. The van der Waals surface area contributed by atoms with Crippen LogP contribution in [0.4, 0.5) is 0 Å². The van der Waals surface area contributed by atoms with Crippen molar-refractivity contribution in [2.24, 2.45) is 23.2 Å². The van der Waals surface area contributed by atoms with Gasteiger partial charge < -0.3 is 14.6 Å². The van der Waals surface area contributed by atoms with Crippen LogP contribution in [0, 0.1) is 23.2 Å². The molecule has 0 aromatic rings. The lowest BCUT2D eigenvalue weighted by Crippen LogP contribution is -2.40. The van der Waals surface area contributed by atoms with Gasteiger partial charge in [0.15, 0.2) is 0 Å². The molecular weight excluding hydrogens is 340 g/mol. The zero-order valence-electron chi connectivity index (χ0n) is 18.6. The third kappa shape index (κ3) is 10.4. The number of hydrogen-bond acceptors (Lipinski definition) is 4. The first-order valence-corrected chi connectivity index (χ1v) is 10.9. The van der Waals surface area contributed by atoms with Gasteiger partial charge in [-0.3, -0.25) is 4.79 Å². The van der Waals surface area contributed by atoms with Crippen molar-refractivity contribution >= 4 is 12.1 Å². The molecule has 0 fully saturated rings. The van der Waals surface area contributed by atoms with Crippen LogP contribution in [0.25, 0.3) is 0 Å². The van der Waals surface area contributed by atoms with E-state index in [2.05, 4.69) is 13.8 Å². The van der Waals surface area contributed by atoms with Crippen molar-refractivity contribution in [3.63, 3.8) is 0 Å². The number of aliphatic hydroxyl groups is 1. The molecule has 0 saturated carbocycles. The van der Waals surface area contributed by atoms with Crippen molar-refractivity contribution in [1.29, 1.82) is 0 Å². The van der Waals surface area contributed by atoms with Gasteiger partial charge in [0.05, 0.1) is 6.10 Å². The predicted octanol–water partition coefficient (Wildman–Crippen LogP) is 5.21. The highest BCUT2D eigenvalue weighted by atomic mass is 16.5. The second kappa shape index (κ2) is 14.3. The number of ether oxygens (including phenoxy) is 1. The largest absolute Gasteiger partial charge is 0.392 e. The molecule has 4 heteroatoms. The van der Waals surface area contributed by atoms with Crippen LogP contribution < -0.4 is 0 Å². The number of methoxy groups -OCH3 is 1. The average Bonchev–Trinajstić information content (AvgIpc) is 2.62. The van der Waals surface area contributed by atoms with Crippen LogP contribution in [-0.2, 0) is 14.3 Å².